The van der Waals surface area contributed by atoms with Gasteiger partial charge in [0.05, 0.1) is 12.8 Å². The summed E-state index contributed by atoms with van der Waals surface area (Å²) in [4.78, 5) is 2.42. The lowest BCUT2D eigenvalue weighted by molar-refractivity contribution is 0.415. The monoisotopic (exact) mass is 531 g/mol. The molecule has 0 fully saturated rings. The first-order chi connectivity index (χ1) is 18.6. The highest BCUT2D eigenvalue weighted by Crippen LogP contribution is 2.28. The van der Waals surface area contributed by atoms with E-state index in [9.17, 15) is 0 Å². The molecule has 1 aromatic carbocycles. The Morgan fingerprint density at radius 3 is 1.36 bits per heavy atom. The maximum absolute atomic E-state index is 5.71. The SMILES string of the molecule is COc1ccccc1N(CC=C(C)CCC=C(C)CCC=C(C)C)CC=C(C)CCC=C(C)CCC=C(C)C. The van der Waals surface area contributed by atoms with Gasteiger partial charge < -0.3 is 9.64 Å². The predicted molar refractivity (Wildman–Crippen MR) is 176 cm³/mol. The van der Waals surface area contributed by atoms with Gasteiger partial charge in [-0.05, 0) is 119 Å². The molecule has 0 amide bonds. The van der Waals surface area contributed by atoms with Gasteiger partial charge in [-0.2, -0.15) is 0 Å². The van der Waals surface area contributed by atoms with Crippen molar-refractivity contribution in [1.29, 1.82) is 0 Å². The van der Waals surface area contributed by atoms with E-state index in [0.29, 0.717) is 0 Å². The predicted octanol–water partition coefficient (Wildman–Crippen LogP) is 11.3. The molecule has 0 radical (unpaired) electrons. The third-order valence-corrected chi connectivity index (χ3v) is 6.99. The normalized spacial score (nSPS) is 12.8. The summed E-state index contributed by atoms with van der Waals surface area (Å²) in [6.45, 7) is 19.5. The summed E-state index contributed by atoms with van der Waals surface area (Å²) < 4.78 is 5.71. The average molecular weight is 532 g/mol. The molecule has 0 saturated heterocycles. The van der Waals surface area contributed by atoms with Gasteiger partial charge in [0.1, 0.15) is 5.75 Å². The van der Waals surface area contributed by atoms with Crippen LogP contribution in [-0.4, -0.2) is 20.2 Å². The minimum Gasteiger partial charge on any atom is -0.495 e. The van der Waals surface area contributed by atoms with Crippen LogP contribution in [-0.2, 0) is 0 Å². The van der Waals surface area contributed by atoms with Crippen LogP contribution in [0.4, 0.5) is 5.69 Å². The Bertz CT molecular complexity index is 963. The summed E-state index contributed by atoms with van der Waals surface area (Å²) in [7, 11) is 1.76. The third kappa shape index (κ3) is 16.7. The van der Waals surface area contributed by atoms with Crippen molar-refractivity contribution in [3.05, 3.63) is 94.2 Å². The zero-order valence-corrected chi connectivity index (χ0v) is 26.7. The second kappa shape index (κ2) is 20.2. The number of nitrogens with zero attached hydrogens (tertiary/aromatic N) is 1. The van der Waals surface area contributed by atoms with E-state index in [-0.39, 0.29) is 0 Å². The maximum Gasteiger partial charge on any atom is 0.142 e. The molecular formula is C37H57NO. The molecule has 0 aliphatic rings. The summed E-state index contributed by atoms with van der Waals surface area (Å²) in [6.07, 6.45) is 23.3. The first-order valence-electron chi connectivity index (χ1n) is 14.9. The number of anilines is 1. The van der Waals surface area contributed by atoms with E-state index in [4.69, 9.17) is 4.74 Å². The molecule has 0 aliphatic carbocycles. The van der Waals surface area contributed by atoms with E-state index >= 15 is 0 Å². The van der Waals surface area contributed by atoms with Crippen LogP contribution >= 0.6 is 0 Å². The first-order valence-corrected chi connectivity index (χ1v) is 14.9. The fourth-order valence-corrected chi connectivity index (χ4v) is 4.37. The van der Waals surface area contributed by atoms with Crippen molar-refractivity contribution in [2.45, 2.75) is 107 Å². The number of ether oxygens (including phenoxy) is 1. The molecule has 0 bridgehead atoms. The molecule has 0 N–H and O–H groups in total. The minimum absolute atomic E-state index is 0.878. The first kappa shape index (κ1) is 34.3. The molecule has 39 heavy (non-hydrogen) atoms. The van der Waals surface area contributed by atoms with Crippen molar-refractivity contribution < 1.29 is 4.74 Å². The average Bonchev–Trinajstić information content (AvgIpc) is 2.88. The van der Waals surface area contributed by atoms with Gasteiger partial charge >= 0.3 is 0 Å². The van der Waals surface area contributed by atoms with Crippen LogP contribution in [0.2, 0.25) is 0 Å². The Morgan fingerprint density at radius 2 is 0.949 bits per heavy atom. The second-order valence-corrected chi connectivity index (χ2v) is 11.5. The zero-order chi connectivity index (χ0) is 29.0. The van der Waals surface area contributed by atoms with E-state index in [1.807, 2.05) is 6.07 Å². The highest BCUT2D eigenvalue weighted by atomic mass is 16.5. The summed E-state index contributed by atoms with van der Waals surface area (Å²) in [5.74, 6) is 0.930. The number of methoxy groups -OCH3 is 1. The Labute approximate surface area is 241 Å². The molecule has 1 aromatic rings. The molecule has 0 heterocycles. The topological polar surface area (TPSA) is 12.5 Å². The van der Waals surface area contributed by atoms with Crippen LogP contribution in [0.1, 0.15) is 107 Å². The van der Waals surface area contributed by atoms with Gasteiger partial charge in [-0.1, -0.05) is 82.0 Å². The van der Waals surface area contributed by atoms with Crippen molar-refractivity contribution in [3.8, 4) is 5.75 Å². The number of benzene rings is 1. The largest absolute Gasteiger partial charge is 0.495 e. The van der Waals surface area contributed by atoms with Crippen LogP contribution in [0.5, 0.6) is 5.75 Å². The van der Waals surface area contributed by atoms with E-state index < -0.39 is 0 Å². The minimum atomic E-state index is 0.878. The van der Waals surface area contributed by atoms with Crippen molar-refractivity contribution >= 4 is 5.69 Å². The summed E-state index contributed by atoms with van der Waals surface area (Å²) >= 11 is 0. The third-order valence-electron chi connectivity index (χ3n) is 6.99. The van der Waals surface area contributed by atoms with Gasteiger partial charge in [0.25, 0.3) is 0 Å². The summed E-state index contributed by atoms with van der Waals surface area (Å²) in [5.41, 5.74) is 9.84. The number of hydrogen-bond donors (Lipinski definition) is 0. The fraction of sp³-hybridized carbons (Fsp3) is 0.514. The lowest BCUT2D eigenvalue weighted by Gasteiger charge is -2.24. The Morgan fingerprint density at radius 1 is 0.564 bits per heavy atom. The van der Waals surface area contributed by atoms with Gasteiger partial charge in [-0.25, -0.2) is 0 Å². The van der Waals surface area contributed by atoms with Crippen LogP contribution in [0, 0.1) is 0 Å². The van der Waals surface area contributed by atoms with Gasteiger partial charge in [0.2, 0.25) is 0 Å². The second-order valence-electron chi connectivity index (χ2n) is 11.5. The maximum atomic E-state index is 5.71. The molecular weight excluding hydrogens is 474 g/mol. The quantitative estimate of drug-likeness (QED) is 0.175. The van der Waals surface area contributed by atoms with E-state index in [1.54, 1.807) is 7.11 Å². The molecule has 0 spiro atoms. The molecule has 216 valence electrons. The van der Waals surface area contributed by atoms with Crippen molar-refractivity contribution in [2.75, 3.05) is 25.1 Å². The van der Waals surface area contributed by atoms with Crippen LogP contribution < -0.4 is 9.64 Å². The van der Waals surface area contributed by atoms with E-state index in [0.717, 1.165) is 75.9 Å². The molecule has 2 nitrogen and oxygen atoms in total. The van der Waals surface area contributed by atoms with Crippen LogP contribution in [0.25, 0.3) is 0 Å². The van der Waals surface area contributed by atoms with Crippen molar-refractivity contribution in [3.63, 3.8) is 0 Å². The molecule has 2 heteroatoms. The molecule has 1 rings (SSSR count). The highest BCUT2D eigenvalue weighted by molar-refractivity contribution is 5.59. The molecule has 0 aliphatic heterocycles. The van der Waals surface area contributed by atoms with Gasteiger partial charge in [-0.3, -0.25) is 0 Å². The van der Waals surface area contributed by atoms with Gasteiger partial charge in [0, 0.05) is 13.1 Å². The molecule has 0 unspecified atom stereocenters. The van der Waals surface area contributed by atoms with Crippen molar-refractivity contribution in [2.24, 2.45) is 0 Å². The molecule has 0 aromatic heterocycles. The lowest BCUT2D eigenvalue weighted by atomic mass is 10.1. The standard InChI is InChI=1S/C37H57NO/c1-30(2)16-12-18-32(5)20-14-22-34(7)26-28-38(36-24-10-11-25-37(36)39-9)29-27-35(8)23-15-21-33(6)19-13-17-31(3)4/h10-11,16-17,20-21,24-27H,12-15,18-19,22-23,28-29H2,1-9H3. The Hall–Kier alpha value is -2.74. The smallest absolute Gasteiger partial charge is 0.142 e. The number of allylic oxidation sites excluding steroid dienone is 10. The summed E-state index contributed by atoms with van der Waals surface area (Å²) in [6, 6.07) is 8.37. The number of rotatable bonds is 18. The lowest BCUT2D eigenvalue weighted by Crippen LogP contribution is -2.24. The zero-order valence-electron chi connectivity index (χ0n) is 26.7. The van der Waals surface area contributed by atoms with E-state index in [1.165, 1.54) is 33.4 Å². The summed E-state index contributed by atoms with van der Waals surface area (Å²) in [5, 5.41) is 0. The fourth-order valence-electron chi connectivity index (χ4n) is 4.37. The van der Waals surface area contributed by atoms with Crippen molar-refractivity contribution in [1.82, 2.24) is 0 Å². The Balaban J connectivity index is 2.78. The number of hydrogen-bond acceptors (Lipinski definition) is 2. The Kier molecular flexibility index (Phi) is 17.8. The highest BCUT2D eigenvalue weighted by Gasteiger charge is 2.10. The molecule has 0 atom stereocenters. The van der Waals surface area contributed by atoms with Gasteiger partial charge in [0.15, 0.2) is 0 Å². The van der Waals surface area contributed by atoms with Gasteiger partial charge in [-0.15, -0.1) is 0 Å². The molecule has 0 saturated carbocycles. The van der Waals surface area contributed by atoms with Crippen LogP contribution in [0.15, 0.2) is 94.2 Å². The number of para-hydroxylation sites is 2. The van der Waals surface area contributed by atoms with Crippen LogP contribution in [0.3, 0.4) is 0 Å². The van der Waals surface area contributed by atoms with E-state index in [2.05, 4.69) is 115 Å².